The Morgan fingerprint density at radius 2 is 1.92 bits per heavy atom. The molecule has 0 aromatic heterocycles. The van der Waals surface area contributed by atoms with Crippen LogP contribution in [-0.4, -0.2) is 43.3 Å². The molecule has 12 heavy (non-hydrogen) atoms. The smallest absolute Gasteiger partial charge is 0.0906 e. The molecule has 1 aliphatic heterocycles. The SMILES string of the molecule is CC1CN(CCCF)CC(C)N1. The van der Waals surface area contributed by atoms with Crippen molar-refractivity contribution in [1.82, 2.24) is 10.2 Å². The lowest BCUT2D eigenvalue weighted by Crippen LogP contribution is -2.54. The summed E-state index contributed by atoms with van der Waals surface area (Å²) >= 11 is 0. The summed E-state index contributed by atoms with van der Waals surface area (Å²) in [5.74, 6) is 0. The van der Waals surface area contributed by atoms with Crippen molar-refractivity contribution in [2.75, 3.05) is 26.3 Å². The van der Waals surface area contributed by atoms with Crippen LogP contribution in [0.5, 0.6) is 0 Å². The summed E-state index contributed by atoms with van der Waals surface area (Å²) in [5, 5.41) is 3.45. The van der Waals surface area contributed by atoms with Crippen LogP contribution < -0.4 is 5.32 Å². The van der Waals surface area contributed by atoms with Gasteiger partial charge in [0.2, 0.25) is 0 Å². The van der Waals surface area contributed by atoms with Crippen molar-refractivity contribution in [3.8, 4) is 0 Å². The van der Waals surface area contributed by atoms with Gasteiger partial charge in [0, 0.05) is 31.7 Å². The molecule has 2 nitrogen and oxygen atoms in total. The fraction of sp³-hybridized carbons (Fsp3) is 1.00. The first-order valence-electron chi connectivity index (χ1n) is 4.76. The van der Waals surface area contributed by atoms with Gasteiger partial charge >= 0.3 is 0 Å². The van der Waals surface area contributed by atoms with E-state index in [1.807, 2.05) is 0 Å². The van der Waals surface area contributed by atoms with Crippen molar-refractivity contribution in [1.29, 1.82) is 0 Å². The molecule has 2 atom stereocenters. The van der Waals surface area contributed by atoms with Crippen LogP contribution >= 0.6 is 0 Å². The molecule has 0 spiro atoms. The zero-order valence-corrected chi connectivity index (χ0v) is 8.02. The number of alkyl halides is 1. The zero-order valence-electron chi connectivity index (χ0n) is 8.02. The Hall–Kier alpha value is -0.150. The van der Waals surface area contributed by atoms with Gasteiger partial charge in [-0.3, -0.25) is 4.39 Å². The van der Waals surface area contributed by atoms with E-state index in [0.29, 0.717) is 18.5 Å². The predicted molar refractivity (Wildman–Crippen MR) is 49.1 cm³/mol. The molecule has 2 unspecified atom stereocenters. The highest BCUT2D eigenvalue weighted by atomic mass is 19.1. The molecular formula is C9H19FN2. The van der Waals surface area contributed by atoms with Gasteiger partial charge in [0.25, 0.3) is 0 Å². The minimum Gasteiger partial charge on any atom is -0.309 e. The van der Waals surface area contributed by atoms with E-state index in [9.17, 15) is 4.39 Å². The van der Waals surface area contributed by atoms with Crippen molar-refractivity contribution in [3.63, 3.8) is 0 Å². The Morgan fingerprint density at radius 1 is 1.33 bits per heavy atom. The van der Waals surface area contributed by atoms with Gasteiger partial charge in [-0.25, -0.2) is 0 Å². The summed E-state index contributed by atoms with van der Waals surface area (Å²) < 4.78 is 11.9. The summed E-state index contributed by atoms with van der Waals surface area (Å²) in [6.45, 7) is 7.20. The number of rotatable bonds is 3. The van der Waals surface area contributed by atoms with E-state index < -0.39 is 0 Å². The van der Waals surface area contributed by atoms with Gasteiger partial charge in [-0.2, -0.15) is 0 Å². The van der Waals surface area contributed by atoms with Gasteiger partial charge in [0.05, 0.1) is 6.67 Å². The van der Waals surface area contributed by atoms with Gasteiger partial charge in [-0.1, -0.05) is 0 Å². The second-order valence-corrected chi connectivity index (χ2v) is 3.77. The molecule has 0 aromatic rings. The quantitative estimate of drug-likeness (QED) is 0.687. The zero-order chi connectivity index (χ0) is 8.97. The van der Waals surface area contributed by atoms with E-state index in [1.165, 1.54) is 0 Å². The lowest BCUT2D eigenvalue weighted by molar-refractivity contribution is 0.168. The largest absolute Gasteiger partial charge is 0.309 e. The van der Waals surface area contributed by atoms with Gasteiger partial charge < -0.3 is 10.2 Å². The molecule has 0 saturated carbocycles. The minimum absolute atomic E-state index is 0.188. The fourth-order valence-corrected chi connectivity index (χ4v) is 1.91. The van der Waals surface area contributed by atoms with Crippen LogP contribution in [0, 0.1) is 0 Å². The van der Waals surface area contributed by atoms with Crippen LogP contribution in [0.4, 0.5) is 4.39 Å². The number of hydrogen-bond donors (Lipinski definition) is 1. The molecule has 0 aromatic carbocycles. The monoisotopic (exact) mass is 174 g/mol. The molecule has 0 aliphatic carbocycles. The van der Waals surface area contributed by atoms with Gasteiger partial charge in [-0.05, 0) is 20.3 Å². The Bertz CT molecular complexity index is 120. The predicted octanol–water partition coefficient (Wildman–Crippen LogP) is 1.03. The van der Waals surface area contributed by atoms with Crippen LogP contribution in [0.1, 0.15) is 20.3 Å². The molecule has 1 rings (SSSR count). The molecule has 1 N–H and O–H groups in total. The molecular weight excluding hydrogens is 155 g/mol. The van der Waals surface area contributed by atoms with E-state index in [-0.39, 0.29) is 6.67 Å². The van der Waals surface area contributed by atoms with Crippen LogP contribution in [0.3, 0.4) is 0 Å². The molecule has 72 valence electrons. The molecule has 1 saturated heterocycles. The standard InChI is InChI=1S/C9H19FN2/c1-8-6-12(5-3-4-10)7-9(2)11-8/h8-9,11H,3-7H2,1-2H3. The van der Waals surface area contributed by atoms with E-state index in [4.69, 9.17) is 0 Å². The van der Waals surface area contributed by atoms with E-state index in [2.05, 4.69) is 24.1 Å². The van der Waals surface area contributed by atoms with Crippen LogP contribution in [0.15, 0.2) is 0 Å². The van der Waals surface area contributed by atoms with Crippen LogP contribution in [0.25, 0.3) is 0 Å². The number of nitrogens with one attached hydrogen (secondary N) is 1. The first-order valence-corrected chi connectivity index (χ1v) is 4.76. The molecule has 1 heterocycles. The fourth-order valence-electron chi connectivity index (χ4n) is 1.91. The molecule has 3 heteroatoms. The highest BCUT2D eigenvalue weighted by Crippen LogP contribution is 2.04. The minimum atomic E-state index is -0.188. The Morgan fingerprint density at radius 3 is 2.42 bits per heavy atom. The van der Waals surface area contributed by atoms with Gasteiger partial charge in [-0.15, -0.1) is 0 Å². The van der Waals surface area contributed by atoms with Crippen molar-refractivity contribution in [3.05, 3.63) is 0 Å². The Kier molecular flexibility index (Phi) is 3.95. The highest BCUT2D eigenvalue weighted by molar-refractivity contribution is 4.80. The Balaban J connectivity index is 2.24. The third-order valence-electron chi connectivity index (χ3n) is 2.24. The van der Waals surface area contributed by atoms with Crippen molar-refractivity contribution in [2.45, 2.75) is 32.4 Å². The Labute approximate surface area is 74.1 Å². The van der Waals surface area contributed by atoms with Crippen molar-refractivity contribution >= 4 is 0 Å². The van der Waals surface area contributed by atoms with E-state index in [0.717, 1.165) is 19.6 Å². The summed E-state index contributed by atoms with van der Waals surface area (Å²) in [6, 6.07) is 1.10. The second-order valence-electron chi connectivity index (χ2n) is 3.77. The molecule has 0 amide bonds. The second kappa shape index (κ2) is 4.77. The van der Waals surface area contributed by atoms with Crippen LogP contribution in [0.2, 0.25) is 0 Å². The number of hydrogen-bond acceptors (Lipinski definition) is 2. The third kappa shape index (κ3) is 3.07. The van der Waals surface area contributed by atoms with E-state index >= 15 is 0 Å². The maximum absolute atomic E-state index is 11.9. The first kappa shape index (κ1) is 9.93. The summed E-state index contributed by atoms with van der Waals surface area (Å²) in [5.41, 5.74) is 0. The number of halogens is 1. The van der Waals surface area contributed by atoms with Crippen molar-refractivity contribution in [2.24, 2.45) is 0 Å². The molecule has 0 radical (unpaired) electrons. The number of nitrogens with zero attached hydrogens (tertiary/aromatic N) is 1. The average Bonchev–Trinajstić information content (AvgIpc) is 1.99. The van der Waals surface area contributed by atoms with Gasteiger partial charge in [0.15, 0.2) is 0 Å². The number of piperazine rings is 1. The summed E-state index contributed by atoms with van der Waals surface area (Å²) in [6.07, 6.45) is 0.680. The summed E-state index contributed by atoms with van der Waals surface area (Å²) in [4.78, 5) is 2.34. The maximum Gasteiger partial charge on any atom is 0.0906 e. The topological polar surface area (TPSA) is 15.3 Å². The normalized spacial score (nSPS) is 32.2. The lowest BCUT2D eigenvalue weighted by atomic mass is 10.1. The molecule has 0 bridgehead atoms. The molecule has 1 fully saturated rings. The van der Waals surface area contributed by atoms with Crippen molar-refractivity contribution < 1.29 is 4.39 Å². The first-order chi connectivity index (χ1) is 5.72. The van der Waals surface area contributed by atoms with Crippen LogP contribution in [-0.2, 0) is 0 Å². The van der Waals surface area contributed by atoms with E-state index in [1.54, 1.807) is 0 Å². The molecule has 1 aliphatic rings. The van der Waals surface area contributed by atoms with Gasteiger partial charge in [0.1, 0.15) is 0 Å². The highest BCUT2D eigenvalue weighted by Gasteiger charge is 2.19. The average molecular weight is 174 g/mol. The maximum atomic E-state index is 11.9. The summed E-state index contributed by atoms with van der Waals surface area (Å²) in [7, 11) is 0. The third-order valence-corrected chi connectivity index (χ3v) is 2.24. The lowest BCUT2D eigenvalue weighted by Gasteiger charge is -2.35.